The Labute approximate surface area is 124 Å². The van der Waals surface area contributed by atoms with E-state index < -0.39 is 18.0 Å². The molecule has 6 heteroatoms. The molecule has 0 bridgehead atoms. The van der Waals surface area contributed by atoms with Crippen LogP contribution in [0.1, 0.15) is 27.2 Å². The third-order valence-electron chi connectivity index (χ3n) is 2.43. The number of rotatable bonds is 3. The molecule has 3 N–H and O–H groups in total. The Hall–Kier alpha value is -2.08. The quantitative estimate of drug-likeness (QED) is 0.789. The molecule has 1 heterocycles. The molecule has 1 aliphatic heterocycles. The summed E-state index contributed by atoms with van der Waals surface area (Å²) in [6.45, 7) is 5.67. The van der Waals surface area contributed by atoms with Crippen LogP contribution in [-0.4, -0.2) is 40.8 Å². The summed E-state index contributed by atoms with van der Waals surface area (Å²) >= 11 is 0. The Morgan fingerprint density at radius 2 is 1.71 bits per heavy atom. The van der Waals surface area contributed by atoms with Crippen molar-refractivity contribution in [1.29, 1.82) is 0 Å². The zero-order valence-electron chi connectivity index (χ0n) is 12.6. The first kappa shape index (κ1) is 18.9. The number of aliphatic carboxylic acids is 2. The highest BCUT2D eigenvalue weighted by molar-refractivity contribution is 5.73. The summed E-state index contributed by atoms with van der Waals surface area (Å²) in [7, 11) is 0. The minimum absolute atomic E-state index is 0.0477. The normalized spacial score (nSPS) is 19.4. The van der Waals surface area contributed by atoms with E-state index in [4.69, 9.17) is 19.7 Å². The van der Waals surface area contributed by atoms with Gasteiger partial charge in [0.25, 0.3) is 5.97 Å². The molecule has 0 amide bonds. The maximum Gasteiger partial charge on any atom is 0.320 e. The fraction of sp³-hybridized carbons (Fsp3) is 0.467. The molecule has 0 unspecified atom stereocenters. The van der Waals surface area contributed by atoms with E-state index in [0.717, 1.165) is 12.7 Å². The number of hydrogen-bond acceptors (Lipinski definition) is 4. The summed E-state index contributed by atoms with van der Waals surface area (Å²) in [6, 6.07) is 8.97. The topological polar surface area (TPSA) is 95.9 Å². The van der Waals surface area contributed by atoms with Crippen molar-refractivity contribution in [2.75, 3.05) is 6.54 Å². The summed E-state index contributed by atoms with van der Waals surface area (Å²) in [5.74, 6) is -0.857. The maximum absolute atomic E-state index is 10.7. The van der Waals surface area contributed by atoms with E-state index >= 15 is 0 Å². The van der Waals surface area contributed by atoms with Crippen LogP contribution in [-0.2, 0) is 9.59 Å². The zero-order valence-corrected chi connectivity index (χ0v) is 12.6. The van der Waals surface area contributed by atoms with Gasteiger partial charge in [-0.15, -0.1) is 0 Å². The summed E-state index contributed by atoms with van der Waals surface area (Å²) in [5.41, 5.74) is 0. The smallest absolute Gasteiger partial charge is 0.320 e. The van der Waals surface area contributed by atoms with Gasteiger partial charge in [0.2, 0.25) is 0 Å². The molecule has 21 heavy (non-hydrogen) atoms. The fourth-order valence-corrected chi connectivity index (χ4v) is 1.67. The van der Waals surface area contributed by atoms with Crippen molar-refractivity contribution in [3.63, 3.8) is 0 Å². The number of hydrogen-bond donors (Lipinski definition) is 3. The van der Waals surface area contributed by atoms with Crippen LogP contribution in [0.4, 0.5) is 0 Å². The van der Waals surface area contributed by atoms with E-state index in [2.05, 4.69) is 5.32 Å². The monoisotopic (exact) mass is 297 g/mol. The third-order valence-corrected chi connectivity index (χ3v) is 2.43. The molecular weight excluding hydrogens is 274 g/mol. The summed E-state index contributed by atoms with van der Waals surface area (Å²) in [5, 5.41) is 19.1. The summed E-state index contributed by atoms with van der Waals surface area (Å²) in [6.07, 6.45) is 0.470. The molecule has 0 aromatic heterocycles. The van der Waals surface area contributed by atoms with Gasteiger partial charge in [0.1, 0.15) is 17.9 Å². The van der Waals surface area contributed by atoms with Crippen molar-refractivity contribution in [2.24, 2.45) is 0 Å². The second-order valence-corrected chi connectivity index (χ2v) is 4.11. The Bertz CT molecular complexity index is 417. The molecule has 0 spiro atoms. The van der Waals surface area contributed by atoms with E-state index in [0.29, 0.717) is 13.0 Å². The summed E-state index contributed by atoms with van der Waals surface area (Å²) in [4.78, 5) is 19.7. The van der Waals surface area contributed by atoms with Crippen LogP contribution < -0.4 is 10.1 Å². The van der Waals surface area contributed by atoms with Gasteiger partial charge in [-0.25, -0.2) is 0 Å². The predicted octanol–water partition coefficient (Wildman–Crippen LogP) is 2.00. The molecule has 0 radical (unpaired) electrons. The number of ether oxygens (including phenoxy) is 1. The van der Waals surface area contributed by atoms with Gasteiger partial charge in [0, 0.05) is 19.9 Å². The number of para-hydroxylation sites is 1. The lowest BCUT2D eigenvalue weighted by atomic mass is 10.2. The van der Waals surface area contributed by atoms with E-state index in [-0.39, 0.29) is 6.10 Å². The maximum atomic E-state index is 10.7. The molecule has 1 aromatic rings. The van der Waals surface area contributed by atoms with Crippen LogP contribution in [0.25, 0.3) is 0 Å². The lowest BCUT2D eigenvalue weighted by Crippen LogP contribution is -2.30. The van der Waals surface area contributed by atoms with E-state index in [9.17, 15) is 4.79 Å². The molecule has 0 aliphatic carbocycles. The number of benzene rings is 1. The molecule has 1 saturated heterocycles. The minimum atomic E-state index is -0.833. The predicted molar refractivity (Wildman–Crippen MR) is 79.6 cm³/mol. The first-order chi connectivity index (χ1) is 9.99. The van der Waals surface area contributed by atoms with Gasteiger partial charge >= 0.3 is 5.97 Å². The van der Waals surface area contributed by atoms with Crippen molar-refractivity contribution in [1.82, 2.24) is 5.32 Å². The fourth-order valence-electron chi connectivity index (χ4n) is 1.67. The molecule has 1 fully saturated rings. The Kier molecular flexibility index (Phi) is 9.62. The lowest BCUT2D eigenvalue weighted by Gasteiger charge is -2.11. The Balaban J connectivity index is 0.000000579. The first-order valence-corrected chi connectivity index (χ1v) is 6.86. The summed E-state index contributed by atoms with van der Waals surface area (Å²) < 4.78 is 5.63. The number of carboxylic acids is 2. The average Bonchev–Trinajstić information content (AvgIpc) is 2.90. The van der Waals surface area contributed by atoms with Gasteiger partial charge in [-0.1, -0.05) is 32.0 Å². The molecule has 6 nitrogen and oxygen atoms in total. The van der Waals surface area contributed by atoms with Crippen molar-refractivity contribution < 1.29 is 24.5 Å². The molecular formula is C15H23NO5. The standard InChI is InChI=1S/C11H13NO3.C2H4O2.C2H6/c13-11(14)10-6-9(7-12-10)15-8-4-2-1-3-5-8;1-2(3)4;1-2/h1-5,9-10,12H,6-7H2,(H,13,14);1H3,(H,3,4);1-2H3/t9-,10-;;/m0../s1. The van der Waals surface area contributed by atoms with Crippen LogP contribution in [0.5, 0.6) is 5.75 Å². The highest BCUT2D eigenvalue weighted by Gasteiger charge is 2.30. The first-order valence-electron chi connectivity index (χ1n) is 6.86. The van der Waals surface area contributed by atoms with Crippen LogP contribution in [0.2, 0.25) is 0 Å². The highest BCUT2D eigenvalue weighted by atomic mass is 16.5. The number of nitrogens with one attached hydrogen (secondary N) is 1. The van der Waals surface area contributed by atoms with Crippen LogP contribution in [0.15, 0.2) is 30.3 Å². The van der Waals surface area contributed by atoms with Gasteiger partial charge in [-0.2, -0.15) is 0 Å². The zero-order chi connectivity index (χ0) is 16.3. The SMILES string of the molecule is CC.CC(=O)O.O=C(O)[C@@H]1C[C@H](Oc2ccccc2)CN1. The van der Waals surface area contributed by atoms with Crippen molar-refractivity contribution >= 4 is 11.9 Å². The molecule has 2 rings (SSSR count). The highest BCUT2D eigenvalue weighted by Crippen LogP contribution is 2.16. The van der Waals surface area contributed by atoms with E-state index in [1.165, 1.54) is 0 Å². The van der Waals surface area contributed by atoms with Crippen LogP contribution >= 0.6 is 0 Å². The second kappa shape index (κ2) is 10.7. The third kappa shape index (κ3) is 8.65. The molecule has 1 aromatic carbocycles. The van der Waals surface area contributed by atoms with Crippen molar-refractivity contribution in [2.45, 2.75) is 39.3 Å². The van der Waals surface area contributed by atoms with Gasteiger partial charge in [-0.3, -0.25) is 9.59 Å². The van der Waals surface area contributed by atoms with Crippen molar-refractivity contribution in [3.8, 4) is 5.75 Å². The second-order valence-electron chi connectivity index (χ2n) is 4.11. The van der Waals surface area contributed by atoms with Gasteiger partial charge < -0.3 is 20.3 Å². The van der Waals surface area contributed by atoms with Gasteiger partial charge in [-0.05, 0) is 12.1 Å². The number of carboxylic acid groups (broad SMARTS) is 2. The lowest BCUT2D eigenvalue weighted by molar-refractivity contribution is -0.139. The minimum Gasteiger partial charge on any atom is -0.489 e. The van der Waals surface area contributed by atoms with Gasteiger partial charge in [0.15, 0.2) is 0 Å². The molecule has 118 valence electrons. The molecule has 2 atom stereocenters. The molecule has 1 aliphatic rings. The Morgan fingerprint density at radius 3 is 2.14 bits per heavy atom. The molecule has 0 saturated carbocycles. The van der Waals surface area contributed by atoms with E-state index in [1.54, 1.807) is 0 Å². The largest absolute Gasteiger partial charge is 0.489 e. The van der Waals surface area contributed by atoms with Gasteiger partial charge in [0.05, 0.1) is 0 Å². The van der Waals surface area contributed by atoms with Crippen molar-refractivity contribution in [3.05, 3.63) is 30.3 Å². The van der Waals surface area contributed by atoms with E-state index in [1.807, 2.05) is 44.2 Å². The van der Waals surface area contributed by atoms with Crippen LogP contribution in [0.3, 0.4) is 0 Å². The Morgan fingerprint density at radius 1 is 1.19 bits per heavy atom. The average molecular weight is 297 g/mol. The van der Waals surface area contributed by atoms with Crippen LogP contribution in [0, 0.1) is 0 Å². The number of carbonyl (C=O) groups is 2.